The van der Waals surface area contributed by atoms with Crippen LogP contribution >= 0.6 is 11.3 Å². The predicted octanol–water partition coefficient (Wildman–Crippen LogP) is 2.75. The third kappa shape index (κ3) is 4.79. The number of amides is 1. The number of fused-ring (bicyclic) bond motifs is 1. The Morgan fingerprint density at radius 2 is 2.03 bits per heavy atom. The minimum absolute atomic E-state index is 0.114. The number of hydrogen-bond donors (Lipinski definition) is 1. The molecule has 31 heavy (non-hydrogen) atoms. The van der Waals surface area contributed by atoms with E-state index in [1.54, 1.807) is 15.9 Å². The molecule has 4 aromatic rings. The number of rotatable bonds is 7. The third-order valence-electron chi connectivity index (χ3n) is 4.97. The smallest absolute Gasteiger partial charge is 0.252 e. The van der Waals surface area contributed by atoms with Gasteiger partial charge in [-0.3, -0.25) is 9.48 Å². The van der Waals surface area contributed by atoms with Crippen LogP contribution in [0, 0.1) is 26.2 Å². The number of nitrogens with zero attached hydrogens (tertiary/aromatic N) is 7. The molecule has 10 heteroatoms. The first-order valence-corrected chi connectivity index (χ1v) is 11.0. The largest absolute Gasteiger partial charge is 0.355 e. The van der Waals surface area contributed by atoms with Crippen molar-refractivity contribution in [2.24, 2.45) is 5.41 Å². The first kappa shape index (κ1) is 21.1. The Morgan fingerprint density at radius 3 is 2.77 bits per heavy atom. The van der Waals surface area contributed by atoms with E-state index in [-0.39, 0.29) is 17.7 Å². The van der Waals surface area contributed by atoms with Crippen molar-refractivity contribution in [2.45, 2.75) is 47.6 Å². The average Bonchev–Trinajstić information content (AvgIpc) is 3.40. The van der Waals surface area contributed by atoms with Gasteiger partial charge in [0.2, 0.25) is 5.91 Å². The van der Waals surface area contributed by atoms with Crippen LogP contribution in [0.2, 0.25) is 0 Å². The van der Waals surface area contributed by atoms with Gasteiger partial charge in [0.05, 0.1) is 17.5 Å². The Bertz CT molecular complexity index is 1240. The monoisotopic (exact) mass is 438 g/mol. The van der Waals surface area contributed by atoms with Gasteiger partial charge in [0, 0.05) is 29.9 Å². The zero-order chi connectivity index (χ0) is 22.2. The van der Waals surface area contributed by atoms with E-state index in [0.717, 1.165) is 22.0 Å². The second kappa shape index (κ2) is 8.18. The van der Waals surface area contributed by atoms with Crippen LogP contribution in [0.3, 0.4) is 0 Å². The van der Waals surface area contributed by atoms with Crippen molar-refractivity contribution in [3.63, 3.8) is 0 Å². The highest BCUT2D eigenvalue weighted by molar-refractivity contribution is 7.13. The molecule has 0 unspecified atom stereocenters. The molecule has 0 radical (unpaired) electrons. The molecule has 0 saturated carbocycles. The molecule has 9 nitrogen and oxygen atoms in total. The van der Waals surface area contributed by atoms with Crippen LogP contribution in [0.4, 0.5) is 0 Å². The molecular formula is C21H26N8OS. The van der Waals surface area contributed by atoms with Gasteiger partial charge in [0.25, 0.3) is 5.78 Å². The van der Waals surface area contributed by atoms with Gasteiger partial charge in [-0.1, -0.05) is 19.1 Å². The standard InChI is InChI=1S/C21H26N8OS/c1-13-6-7-31-19(13)16-10-28(27-25-16)12-21(4,5)11-22-18(30)9-17-24-20-23-14(2)8-15(3)29(20)26-17/h6-8,10H,9,11-12H2,1-5H3,(H,22,30). The van der Waals surface area contributed by atoms with Gasteiger partial charge >= 0.3 is 0 Å². The zero-order valence-corrected chi connectivity index (χ0v) is 19.2. The maximum atomic E-state index is 12.5. The highest BCUT2D eigenvalue weighted by Crippen LogP contribution is 2.27. The molecule has 4 rings (SSSR count). The lowest BCUT2D eigenvalue weighted by atomic mass is 9.93. The number of carbonyl (C=O) groups excluding carboxylic acids is 1. The normalized spacial score (nSPS) is 11.9. The van der Waals surface area contributed by atoms with Crippen LogP contribution in [0.1, 0.15) is 36.6 Å². The van der Waals surface area contributed by atoms with Crippen LogP contribution < -0.4 is 5.32 Å². The summed E-state index contributed by atoms with van der Waals surface area (Å²) >= 11 is 1.66. The van der Waals surface area contributed by atoms with Crippen LogP contribution in [-0.2, 0) is 17.8 Å². The summed E-state index contributed by atoms with van der Waals surface area (Å²) in [6.45, 7) is 11.2. The number of carbonyl (C=O) groups is 1. The van der Waals surface area contributed by atoms with Gasteiger partial charge in [-0.05, 0) is 43.8 Å². The Balaban J connectivity index is 1.35. The third-order valence-corrected chi connectivity index (χ3v) is 6.01. The van der Waals surface area contributed by atoms with Crippen molar-refractivity contribution < 1.29 is 4.79 Å². The quantitative estimate of drug-likeness (QED) is 0.476. The van der Waals surface area contributed by atoms with Crippen molar-refractivity contribution in [3.8, 4) is 10.6 Å². The summed E-state index contributed by atoms with van der Waals surface area (Å²) in [6.07, 6.45) is 2.07. The molecule has 0 spiro atoms. The maximum absolute atomic E-state index is 12.5. The molecule has 0 aliphatic carbocycles. The molecule has 4 heterocycles. The molecule has 0 bridgehead atoms. The number of nitrogens with one attached hydrogen (secondary N) is 1. The first-order chi connectivity index (χ1) is 14.7. The van der Waals surface area contributed by atoms with Crippen molar-refractivity contribution in [1.82, 2.24) is 39.9 Å². The van der Waals surface area contributed by atoms with E-state index >= 15 is 0 Å². The summed E-state index contributed by atoms with van der Waals surface area (Å²) in [7, 11) is 0. The zero-order valence-electron chi connectivity index (χ0n) is 18.4. The number of hydrogen-bond acceptors (Lipinski definition) is 7. The molecular weight excluding hydrogens is 412 g/mol. The van der Waals surface area contributed by atoms with Crippen molar-refractivity contribution in [3.05, 3.63) is 46.5 Å². The van der Waals surface area contributed by atoms with Gasteiger partial charge < -0.3 is 5.32 Å². The van der Waals surface area contributed by atoms with E-state index < -0.39 is 0 Å². The molecule has 4 aromatic heterocycles. The maximum Gasteiger partial charge on any atom is 0.252 e. The van der Waals surface area contributed by atoms with Gasteiger partial charge in [0.1, 0.15) is 5.69 Å². The fourth-order valence-corrected chi connectivity index (χ4v) is 4.31. The Hall–Kier alpha value is -3.14. The van der Waals surface area contributed by atoms with Crippen molar-refractivity contribution in [1.29, 1.82) is 0 Å². The average molecular weight is 439 g/mol. The second-order valence-corrected chi connectivity index (χ2v) is 9.55. The van der Waals surface area contributed by atoms with E-state index in [2.05, 4.69) is 62.9 Å². The second-order valence-electron chi connectivity index (χ2n) is 8.63. The van der Waals surface area contributed by atoms with Gasteiger partial charge in [-0.25, -0.2) is 9.50 Å². The Morgan fingerprint density at radius 1 is 1.23 bits per heavy atom. The van der Waals surface area contributed by atoms with Crippen molar-refractivity contribution in [2.75, 3.05) is 6.54 Å². The number of aryl methyl sites for hydroxylation is 3. The molecule has 1 N–H and O–H groups in total. The number of aromatic nitrogens is 7. The first-order valence-electron chi connectivity index (χ1n) is 10.1. The van der Waals surface area contributed by atoms with Gasteiger partial charge in [-0.15, -0.1) is 21.5 Å². The van der Waals surface area contributed by atoms with Crippen LogP contribution in [0.25, 0.3) is 16.3 Å². The minimum atomic E-state index is -0.202. The summed E-state index contributed by atoms with van der Waals surface area (Å²) in [5.74, 6) is 0.860. The number of thiophene rings is 1. The Labute approximate surface area is 184 Å². The molecule has 0 aromatic carbocycles. The molecule has 0 saturated heterocycles. The summed E-state index contributed by atoms with van der Waals surface area (Å²) in [4.78, 5) is 22.4. The lowest BCUT2D eigenvalue weighted by Gasteiger charge is -2.24. The summed E-state index contributed by atoms with van der Waals surface area (Å²) < 4.78 is 3.50. The fourth-order valence-electron chi connectivity index (χ4n) is 3.44. The summed E-state index contributed by atoms with van der Waals surface area (Å²) in [6, 6.07) is 4.01. The SMILES string of the molecule is Cc1cc(C)n2nc(CC(=O)NCC(C)(C)Cn3cc(-c4sccc4C)nn3)nc2n1. The van der Waals surface area contributed by atoms with Gasteiger partial charge in [0.15, 0.2) is 5.82 Å². The minimum Gasteiger partial charge on any atom is -0.355 e. The van der Waals surface area contributed by atoms with Crippen LogP contribution in [0.15, 0.2) is 23.7 Å². The van der Waals surface area contributed by atoms with Crippen LogP contribution in [-0.4, -0.2) is 47.0 Å². The van der Waals surface area contributed by atoms with Crippen molar-refractivity contribution >= 4 is 23.0 Å². The topological polar surface area (TPSA) is 103 Å². The molecule has 0 fully saturated rings. The van der Waals surface area contributed by atoms with E-state index in [1.807, 2.05) is 30.8 Å². The van der Waals surface area contributed by atoms with E-state index in [0.29, 0.717) is 24.7 Å². The van der Waals surface area contributed by atoms with E-state index in [9.17, 15) is 4.79 Å². The molecule has 0 aliphatic rings. The molecule has 1 amide bonds. The predicted molar refractivity (Wildman–Crippen MR) is 119 cm³/mol. The summed E-state index contributed by atoms with van der Waals surface area (Å²) in [5.41, 5.74) is 3.69. The van der Waals surface area contributed by atoms with Gasteiger partial charge in [-0.2, -0.15) is 4.98 Å². The molecule has 0 aliphatic heterocycles. The van der Waals surface area contributed by atoms with E-state index in [4.69, 9.17) is 0 Å². The molecule has 162 valence electrons. The van der Waals surface area contributed by atoms with E-state index in [1.165, 1.54) is 5.56 Å². The highest BCUT2D eigenvalue weighted by Gasteiger charge is 2.22. The lowest BCUT2D eigenvalue weighted by molar-refractivity contribution is -0.121. The summed E-state index contributed by atoms with van der Waals surface area (Å²) in [5, 5.41) is 18.0. The Kier molecular flexibility index (Phi) is 5.57. The lowest BCUT2D eigenvalue weighted by Crippen LogP contribution is -2.37. The fraction of sp³-hybridized carbons (Fsp3) is 0.429. The van der Waals surface area contributed by atoms with Crippen LogP contribution in [0.5, 0.6) is 0 Å². The molecule has 0 atom stereocenters. The highest BCUT2D eigenvalue weighted by atomic mass is 32.1.